The fourth-order valence-corrected chi connectivity index (χ4v) is 2.64. The Kier molecular flexibility index (Phi) is 6.34. The summed E-state index contributed by atoms with van der Waals surface area (Å²) in [6.07, 6.45) is 0.703. The third-order valence-corrected chi connectivity index (χ3v) is 4.25. The number of hydrogen-bond acceptors (Lipinski definition) is 3. The zero-order valence-electron chi connectivity index (χ0n) is 15.1. The zero-order chi connectivity index (χ0) is 18.4. The van der Waals surface area contributed by atoms with E-state index in [1.165, 1.54) is 0 Å². The minimum atomic E-state index is -0.726. The van der Waals surface area contributed by atoms with Crippen LogP contribution in [0.2, 0.25) is 0 Å². The molecule has 0 aliphatic rings. The van der Waals surface area contributed by atoms with Crippen LogP contribution >= 0.6 is 0 Å². The lowest BCUT2D eigenvalue weighted by molar-refractivity contribution is 0.0713. The summed E-state index contributed by atoms with van der Waals surface area (Å²) < 4.78 is 0. The van der Waals surface area contributed by atoms with Gasteiger partial charge in [-0.25, -0.2) is 0 Å². The van der Waals surface area contributed by atoms with Crippen molar-refractivity contribution < 1.29 is 15.0 Å². The van der Waals surface area contributed by atoms with E-state index in [-0.39, 0.29) is 12.5 Å². The van der Waals surface area contributed by atoms with Gasteiger partial charge in [0.2, 0.25) is 0 Å². The molecule has 4 nitrogen and oxygen atoms in total. The second kappa shape index (κ2) is 8.28. The molecule has 0 heterocycles. The first-order valence-electron chi connectivity index (χ1n) is 8.59. The van der Waals surface area contributed by atoms with Gasteiger partial charge in [0.1, 0.15) is 0 Å². The third-order valence-electron chi connectivity index (χ3n) is 4.25. The van der Waals surface area contributed by atoms with Gasteiger partial charge in [0.25, 0.3) is 5.91 Å². The average molecular weight is 341 g/mol. The largest absolute Gasteiger partial charge is 0.390 e. The lowest BCUT2D eigenvalue weighted by atomic mass is 9.98. The summed E-state index contributed by atoms with van der Waals surface area (Å²) in [5.74, 6) is -0.207. The van der Waals surface area contributed by atoms with Crippen molar-refractivity contribution in [2.45, 2.75) is 45.3 Å². The summed E-state index contributed by atoms with van der Waals surface area (Å²) in [4.78, 5) is 12.2. The molecule has 0 bridgehead atoms. The van der Waals surface area contributed by atoms with E-state index in [0.29, 0.717) is 12.0 Å². The molecule has 4 heteroatoms. The predicted octanol–water partition coefficient (Wildman–Crippen LogP) is 3.16. The summed E-state index contributed by atoms with van der Waals surface area (Å²) in [6, 6.07) is 14.9. The number of aryl methyl sites for hydroxylation is 2. The van der Waals surface area contributed by atoms with Crippen molar-refractivity contribution in [3.05, 3.63) is 70.8 Å². The minimum Gasteiger partial charge on any atom is -0.390 e. The fourth-order valence-electron chi connectivity index (χ4n) is 2.64. The highest BCUT2D eigenvalue weighted by atomic mass is 16.3. The Morgan fingerprint density at radius 2 is 1.76 bits per heavy atom. The van der Waals surface area contributed by atoms with Crippen LogP contribution in [-0.2, 0) is 6.42 Å². The number of benzene rings is 2. The van der Waals surface area contributed by atoms with E-state index in [1.807, 2.05) is 43.3 Å². The third kappa shape index (κ3) is 6.00. The molecule has 0 fully saturated rings. The molecule has 134 valence electrons. The van der Waals surface area contributed by atoms with Gasteiger partial charge in [0.05, 0.1) is 11.7 Å². The van der Waals surface area contributed by atoms with Crippen molar-refractivity contribution in [3.63, 3.8) is 0 Å². The monoisotopic (exact) mass is 341 g/mol. The second-order valence-electron chi connectivity index (χ2n) is 7.09. The van der Waals surface area contributed by atoms with Crippen LogP contribution in [0.5, 0.6) is 0 Å². The molecule has 0 saturated carbocycles. The molecule has 2 rings (SSSR count). The predicted molar refractivity (Wildman–Crippen MR) is 99.5 cm³/mol. The lowest BCUT2D eigenvalue weighted by Crippen LogP contribution is -2.28. The van der Waals surface area contributed by atoms with E-state index in [1.54, 1.807) is 26.0 Å². The van der Waals surface area contributed by atoms with Crippen molar-refractivity contribution in [1.29, 1.82) is 0 Å². The molecule has 1 amide bonds. The van der Waals surface area contributed by atoms with E-state index in [9.17, 15) is 15.0 Å². The molecule has 0 spiro atoms. The Labute approximate surface area is 149 Å². The Hall–Kier alpha value is -2.17. The Bertz CT molecular complexity index is 702. The van der Waals surface area contributed by atoms with Crippen molar-refractivity contribution in [1.82, 2.24) is 5.32 Å². The van der Waals surface area contributed by atoms with E-state index >= 15 is 0 Å². The molecule has 2 aromatic rings. The zero-order valence-corrected chi connectivity index (χ0v) is 15.1. The van der Waals surface area contributed by atoms with Crippen LogP contribution in [0.4, 0.5) is 0 Å². The van der Waals surface area contributed by atoms with Crippen LogP contribution in [0.25, 0.3) is 0 Å². The first kappa shape index (κ1) is 19.2. The van der Waals surface area contributed by atoms with Gasteiger partial charge in [0.15, 0.2) is 0 Å². The molecule has 25 heavy (non-hydrogen) atoms. The van der Waals surface area contributed by atoms with Crippen LogP contribution in [-0.4, -0.2) is 28.3 Å². The van der Waals surface area contributed by atoms with Gasteiger partial charge in [-0.1, -0.05) is 36.4 Å². The Morgan fingerprint density at radius 1 is 1.12 bits per heavy atom. The SMILES string of the molecule is Cc1ccccc1C(O)CNC(=O)c1ccc(CCC(C)(C)O)cc1. The molecular formula is C21H27NO3. The van der Waals surface area contributed by atoms with Crippen LogP contribution in [0.15, 0.2) is 48.5 Å². The van der Waals surface area contributed by atoms with Crippen molar-refractivity contribution in [3.8, 4) is 0 Å². The molecule has 0 aliphatic heterocycles. The van der Waals surface area contributed by atoms with Gasteiger partial charge in [0, 0.05) is 12.1 Å². The van der Waals surface area contributed by atoms with Gasteiger partial charge in [-0.15, -0.1) is 0 Å². The van der Waals surface area contributed by atoms with Crippen LogP contribution in [0, 0.1) is 6.92 Å². The van der Waals surface area contributed by atoms with E-state index in [4.69, 9.17) is 0 Å². The Morgan fingerprint density at radius 3 is 2.36 bits per heavy atom. The lowest BCUT2D eigenvalue weighted by Gasteiger charge is -2.16. The van der Waals surface area contributed by atoms with Gasteiger partial charge in [-0.3, -0.25) is 4.79 Å². The van der Waals surface area contributed by atoms with Crippen molar-refractivity contribution in [2.24, 2.45) is 0 Å². The summed E-state index contributed by atoms with van der Waals surface area (Å²) >= 11 is 0. The summed E-state index contributed by atoms with van der Waals surface area (Å²) in [7, 11) is 0. The smallest absolute Gasteiger partial charge is 0.251 e. The molecule has 0 saturated heterocycles. The number of hydrogen-bond donors (Lipinski definition) is 3. The maximum atomic E-state index is 12.2. The number of carbonyl (C=O) groups is 1. The second-order valence-corrected chi connectivity index (χ2v) is 7.09. The number of rotatable bonds is 7. The Balaban J connectivity index is 1.89. The maximum Gasteiger partial charge on any atom is 0.251 e. The number of amides is 1. The van der Waals surface area contributed by atoms with Gasteiger partial charge in [-0.2, -0.15) is 0 Å². The highest BCUT2D eigenvalue weighted by molar-refractivity contribution is 5.94. The molecule has 0 radical (unpaired) electrons. The average Bonchev–Trinajstić information content (AvgIpc) is 2.58. The molecule has 1 atom stereocenters. The normalized spacial score (nSPS) is 12.7. The van der Waals surface area contributed by atoms with Crippen LogP contribution in [0.1, 0.15) is 53.4 Å². The molecule has 2 aromatic carbocycles. The van der Waals surface area contributed by atoms with Gasteiger partial charge >= 0.3 is 0 Å². The number of carbonyl (C=O) groups excluding carboxylic acids is 1. The van der Waals surface area contributed by atoms with Crippen LogP contribution < -0.4 is 5.32 Å². The van der Waals surface area contributed by atoms with Crippen molar-refractivity contribution >= 4 is 5.91 Å². The quantitative estimate of drug-likeness (QED) is 0.724. The molecule has 0 aromatic heterocycles. The summed E-state index contributed by atoms with van der Waals surface area (Å²) in [5.41, 5.74) is 2.77. The fraction of sp³-hybridized carbons (Fsp3) is 0.381. The number of nitrogens with one attached hydrogen (secondary N) is 1. The summed E-state index contributed by atoms with van der Waals surface area (Å²) in [5, 5.41) is 22.8. The molecule has 3 N–H and O–H groups in total. The number of aliphatic hydroxyl groups is 2. The maximum absolute atomic E-state index is 12.2. The minimum absolute atomic E-state index is 0.171. The van der Waals surface area contributed by atoms with Crippen LogP contribution in [0.3, 0.4) is 0 Å². The van der Waals surface area contributed by atoms with E-state index in [2.05, 4.69) is 5.32 Å². The molecule has 1 unspecified atom stereocenters. The first-order valence-corrected chi connectivity index (χ1v) is 8.59. The number of aliphatic hydroxyl groups excluding tert-OH is 1. The topological polar surface area (TPSA) is 69.6 Å². The first-order chi connectivity index (χ1) is 11.8. The molecular weight excluding hydrogens is 314 g/mol. The van der Waals surface area contributed by atoms with Gasteiger partial charge in [-0.05, 0) is 62.4 Å². The highest BCUT2D eigenvalue weighted by Crippen LogP contribution is 2.17. The summed E-state index contributed by atoms with van der Waals surface area (Å²) in [6.45, 7) is 5.68. The highest BCUT2D eigenvalue weighted by Gasteiger charge is 2.14. The van der Waals surface area contributed by atoms with E-state index < -0.39 is 11.7 Å². The molecule has 0 aliphatic carbocycles. The van der Waals surface area contributed by atoms with E-state index in [0.717, 1.165) is 23.1 Å². The van der Waals surface area contributed by atoms with Crippen molar-refractivity contribution in [2.75, 3.05) is 6.54 Å². The van der Waals surface area contributed by atoms with Gasteiger partial charge < -0.3 is 15.5 Å². The standard InChI is InChI=1S/C21H27NO3/c1-15-6-4-5-7-18(15)19(23)14-22-20(24)17-10-8-16(9-11-17)12-13-21(2,3)25/h4-11,19,23,25H,12-14H2,1-3H3,(H,22,24).